The molecule has 0 unspecified atom stereocenters. The normalized spacial score (nSPS) is 15.4. The molecule has 6 nitrogen and oxygen atoms in total. The van der Waals surface area contributed by atoms with Crippen molar-refractivity contribution in [3.63, 3.8) is 0 Å². The number of ether oxygens (including phenoxy) is 1. The number of nitrogens with zero attached hydrogens (tertiary/aromatic N) is 2. The fourth-order valence-electron chi connectivity index (χ4n) is 4.71. The third-order valence-electron chi connectivity index (χ3n) is 6.54. The lowest BCUT2D eigenvalue weighted by atomic mass is 10.0. The first-order chi connectivity index (χ1) is 16.6. The summed E-state index contributed by atoms with van der Waals surface area (Å²) in [7, 11) is 0. The van der Waals surface area contributed by atoms with Gasteiger partial charge in [0.1, 0.15) is 6.54 Å². The number of hydrogen-bond acceptors (Lipinski definition) is 4. The highest BCUT2D eigenvalue weighted by molar-refractivity contribution is 5.94. The summed E-state index contributed by atoms with van der Waals surface area (Å²) < 4.78 is 7.44. The molecule has 0 spiro atoms. The van der Waals surface area contributed by atoms with Gasteiger partial charge in [0.05, 0.1) is 30.3 Å². The number of aryl methyl sites for hydroxylation is 1. The van der Waals surface area contributed by atoms with Gasteiger partial charge < -0.3 is 14.6 Å². The van der Waals surface area contributed by atoms with Crippen molar-refractivity contribution in [1.29, 1.82) is 0 Å². The molecule has 0 saturated carbocycles. The number of nitrogens with one attached hydrogen (secondary N) is 1. The van der Waals surface area contributed by atoms with Crippen molar-refractivity contribution in [1.82, 2.24) is 14.8 Å². The highest BCUT2D eigenvalue weighted by Crippen LogP contribution is 2.20. The maximum atomic E-state index is 13.4. The van der Waals surface area contributed by atoms with Crippen LogP contribution in [0.3, 0.4) is 0 Å². The molecule has 1 atom stereocenters. The molecule has 1 fully saturated rings. The van der Waals surface area contributed by atoms with E-state index in [-0.39, 0.29) is 23.9 Å². The zero-order valence-corrected chi connectivity index (χ0v) is 19.4. The summed E-state index contributed by atoms with van der Waals surface area (Å²) in [6.07, 6.45) is 0. The second-order valence-corrected chi connectivity index (χ2v) is 8.89. The molecule has 0 bridgehead atoms. The number of fused-ring (bicyclic) bond motifs is 2. The van der Waals surface area contributed by atoms with E-state index in [4.69, 9.17) is 4.74 Å². The van der Waals surface area contributed by atoms with Crippen LogP contribution in [0.25, 0.3) is 21.8 Å². The number of hydrogen-bond donors (Lipinski definition) is 1. The summed E-state index contributed by atoms with van der Waals surface area (Å²) in [5, 5.41) is 4.52. The van der Waals surface area contributed by atoms with E-state index in [2.05, 4.69) is 41.4 Å². The predicted molar refractivity (Wildman–Crippen MR) is 135 cm³/mol. The molecule has 1 saturated heterocycles. The molecular formula is C28H29N3O3. The minimum atomic E-state index is -0.136. The van der Waals surface area contributed by atoms with E-state index in [0.717, 1.165) is 36.2 Å². The smallest absolute Gasteiger partial charge is 0.240 e. The lowest BCUT2D eigenvalue weighted by Gasteiger charge is -2.31. The fourth-order valence-corrected chi connectivity index (χ4v) is 4.71. The van der Waals surface area contributed by atoms with Gasteiger partial charge in [-0.15, -0.1) is 0 Å². The van der Waals surface area contributed by atoms with Gasteiger partial charge in [-0.2, -0.15) is 0 Å². The first-order valence-corrected chi connectivity index (χ1v) is 11.8. The van der Waals surface area contributed by atoms with E-state index in [1.54, 1.807) is 0 Å². The Hall–Kier alpha value is -3.48. The number of para-hydroxylation sites is 2. The molecule has 1 aliphatic heterocycles. The van der Waals surface area contributed by atoms with E-state index in [0.29, 0.717) is 24.0 Å². The number of amides is 1. The largest absolute Gasteiger partial charge is 0.379 e. The average Bonchev–Trinajstić information content (AvgIpc) is 2.87. The van der Waals surface area contributed by atoms with Gasteiger partial charge in [0.15, 0.2) is 5.43 Å². The number of morpholine rings is 1. The number of aromatic nitrogens is 1. The Morgan fingerprint density at radius 1 is 0.912 bits per heavy atom. The molecule has 4 aromatic rings. The van der Waals surface area contributed by atoms with Gasteiger partial charge in [0.2, 0.25) is 5.91 Å². The predicted octanol–water partition coefficient (Wildman–Crippen LogP) is 3.65. The molecule has 6 heteroatoms. The molecule has 0 radical (unpaired) electrons. The van der Waals surface area contributed by atoms with E-state index in [1.807, 2.05) is 53.1 Å². The molecule has 0 aliphatic carbocycles. The summed E-state index contributed by atoms with van der Waals surface area (Å²) in [5.74, 6) is -0.0854. The van der Waals surface area contributed by atoms with Crippen LogP contribution in [0.4, 0.5) is 0 Å². The Balaban J connectivity index is 1.46. The molecule has 1 amide bonds. The Morgan fingerprint density at radius 2 is 1.50 bits per heavy atom. The third kappa shape index (κ3) is 4.60. The number of rotatable bonds is 6. The lowest BCUT2D eigenvalue weighted by molar-refractivity contribution is -0.122. The Morgan fingerprint density at radius 3 is 2.12 bits per heavy atom. The van der Waals surface area contributed by atoms with Gasteiger partial charge in [-0.1, -0.05) is 54.1 Å². The molecular weight excluding hydrogens is 426 g/mol. The van der Waals surface area contributed by atoms with E-state index in [1.165, 1.54) is 5.56 Å². The van der Waals surface area contributed by atoms with E-state index in [9.17, 15) is 9.59 Å². The Labute approximate surface area is 198 Å². The SMILES string of the molecule is Cc1ccc([C@H](CN2CCOCC2)NC(=O)Cn2c3ccccc3c(=O)c3ccccc32)cc1. The van der Waals surface area contributed by atoms with Gasteiger partial charge in [-0.3, -0.25) is 14.5 Å². The second kappa shape index (κ2) is 9.79. The highest BCUT2D eigenvalue weighted by atomic mass is 16.5. The summed E-state index contributed by atoms with van der Waals surface area (Å²) in [6.45, 7) is 6.05. The van der Waals surface area contributed by atoms with Gasteiger partial charge in [0, 0.05) is 30.4 Å². The van der Waals surface area contributed by atoms with E-state index >= 15 is 0 Å². The average molecular weight is 456 g/mol. The van der Waals surface area contributed by atoms with Crippen molar-refractivity contribution in [2.45, 2.75) is 19.5 Å². The Kier molecular flexibility index (Phi) is 6.43. The first kappa shape index (κ1) is 22.3. The van der Waals surface area contributed by atoms with Crippen LogP contribution in [0.15, 0.2) is 77.6 Å². The molecule has 1 aliphatic rings. The van der Waals surface area contributed by atoms with Crippen LogP contribution in [0.2, 0.25) is 0 Å². The molecule has 174 valence electrons. The summed E-state index contributed by atoms with van der Waals surface area (Å²) in [6, 6.07) is 23.2. The van der Waals surface area contributed by atoms with Crippen LogP contribution in [0.1, 0.15) is 17.2 Å². The van der Waals surface area contributed by atoms with Crippen molar-refractivity contribution >= 4 is 27.7 Å². The minimum absolute atomic E-state index is 0.00675. The van der Waals surface area contributed by atoms with Crippen LogP contribution < -0.4 is 10.7 Å². The zero-order valence-electron chi connectivity index (χ0n) is 19.4. The van der Waals surface area contributed by atoms with Crippen molar-refractivity contribution in [3.8, 4) is 0 Å². The summed E-state index contributed by atoms with van der Waals surface area (Å²) >= 11 is 0. The van der Waals surface area contributed by atoms with Gasteiger partial charge in [-0.25, -0.2) is 0 Å². The first-order valence-electron chi connectivity index (χ1n) is 11.8. The second-order valence-electron chi connectivity index (χ2n) is 8.89. The van der Waals surface area contributed by atoms with Crippen molar-refractivity contribution in [2.75, 3.05) is 32.8 Å². The number of carbonyl (C=O) groups is 1. The van der Waals surface area contributed by atoms with Crippen LogP contribution in [-0.2, 0) is 16.1 Å². The molecule has 5 rings (SSSR count). The van der Waals surface area contributed by atoms with Gasteiger partial charge >= 0.3 is 0 Å². The zero-order chi connectivity index (χ0) is 23.5. The molecule has 34 heavy (non-hydrogen) atoms. The molecule has 3 aromatic carbocycles. The van der Waals surface area contributed by atoms with E-state index < -0.39 is 0 Å². The minimum Gasteiger partial charge on any atom is -0.379 e. The van der Waals surface area contributed by atoms with Crippen LogP contribution in [0, 0.1) is 6.92 Å². The fraction of sp³-hybridized carbons (Fsp3) is 0.286. The lowest BCUT2D eigenvalue weighted by Crippen LogP contribution is -2.43. The van der Waals surface area contributed by atoms with Crippen LogP contribution in [0.5, 0.6) is 0 Å². The molecule has 1 aromatic heterocycles. The standard InChI is InChI=1S/C28H29N3O3/c1-20-10-12-21(13-11-20)24(18-30-14-16-34-17-15-30)29-27(32)19-31-25-8-4-2-6-22(25)28(33)23-7-3-5-9-26(23)31/h2-13,24H,14-19H2,1H3,(H,29,32)/t24-/m0/s1. The van der Waals surface area contributed by atoms with Crippen LogP contribution >= 0.6 is 0 Å². The topological polar surface area (TPSA) is 63.6 Å². The number of benzene rings is 3. The summed E-state index contributed by atoms with van der Waals surface area (Å²) in [4.78, 5) is 28.8. The molecule has 2 heterocycles. The number of pyridine rings is 1. The van der Waals surface area contributed by atoms with Crippen molar-refractivity contribution in [3.05, 3.63) is 94.1 Å². The van der Waals surface area contributed by atoms with Crippen LogP contribution in [-0.4, -0.2) is 48.2 Å². The van der Waals surface area contributed by atoms with Crippen molar-refractivity contribution < 1.29 is 9.53 Å². The van der Waals surface area contributed by atoms with Crippen molar-refractivity contribution in [2.24, 2.45) is 0 Å². The Bertz CT molecular complexity index is 1310. The monoisotopic (exact) mass is 455 g/mol. The maximum absolute atomic E-state index is 13.4. The number of carbonyl (C=O) groups excluding carboxylic acids is 1. The third-order valence-corrected chi connectivity index (χ3v) is 6.54. The van der Waals surface area contributed by atoms with Gasteiger partial charge in [0.25, 0.3) is 0 Å². The van der Waals surface area contributed by atoms with Gasteiger partial charge in [-0.05, 0) is 36.8 Å². The highest BCUT2D eigenvalue weighted by Gasteiger charge is 2.21. The quantitative estimate of drug-likeness (QED) is 0.451. The molecule has 1 N–H and O–H groups in total. The maximum Gasteiger partial charge on any atom is 0.240 e. The summed E-state index contributed by atoms with van der Waals surface area (Å²) in [5.41, 5.74) is 3.79.